The number of carbonyl (C=O) groups excluding carboxylic acids is 1. The summed E-state index contributed by atoms with van der Waals surface area (Å²) >= 11 is 0. The SMILES string of the molecule is O=C(NCCc1ccc(O)cc1)Nc1ccc2c(c1)OCCC2. The number of carbonyl (C=O) groups is 1. The van der Waals surface area contributed by atoms with E-state index in [0.29, 0.717) is 13.0 Å². The predicted octanol–water partition coefficient (Wildman–Crippen LogP) is 3.08. The highest BCUT2D eigenvalue weighted by Gasteiger charge is 2.11. The summed E-state index contributed by atoms with van der Waals surface area (Å²) < 4.78 is 5.60. The van der Waals surface area contributed by atoms with Crippen molar-refractivity contribution in [2.24, 2.45) is 0 Å². The van der Waals surface area contributed by atoms with Crippen molar-refractivity contribution >= 4 is 11.7 Å². The van der Waals surface area contributed by atoms with E-state index >= 15 is 0 Å². The molecule has 5 heteroatoms. The Labute approximate surface area is 135 Å². The molecule has 0 unspecified atom stereocenters. The number of aryl methyl sites for hydroxylation is 1. The van der Waals surface area contributed by atoms with Gasteiger partial charge in [-0.25, -0.2) is 4.79 Å². The smallest absolute Gasteiger partial charge is 0.319 e. The Kier molecular flexibility index (Phi) is 4.66. The molecule has 2 aromatic carbocycles. The summed E-state index contributed by atoms with van der Waals surface area (Å²) in [6.45, 7) is 1.26. The van der Waals surface area contributed by atoms with E-state index in [4.69, 9.17) is 4.74 Å². The first-order valence-corrected chi connectivity index (χ1v) is 7.79. The predicted molar refractivity (Wildman–Crippen MR) is 89.1 cm³/mol. The molecule has 0 saturated heterocycles. The highest BCUT2D eigenvalue weighted by molar-refractivity contribution is 5.89. The van der Waals surface area contributed by atoms with Gasteiger partial charge in [0.05, 0.1) is 6.61 Å². The second-order valence-corrected chi connectivity index (χ2v) is 5.57. The van der Waals surface area contributed by atoms with Gasteiger partial charge < -0.3 is 20.5 Å². The highest BCUT2D eigenvalue weighted by Crippen LogP contribution is 2.27. The molecule has 1 heterocycles. The molecule has 120 valence electrons. The lowest BCUT2D eigenvalue weighted by atomic mass is 10.1. The number of hydrogen-bond acceptors (Lipinski definition) is 3. The molecular weight excluding hydrogens is 292 g/mol. The number of fused-ring (bicyclic) bond motifs is 1. The quantitative estimate of drug-likeness (QED) is 0.812. The van der Waals surface area contributed by atoms with Crippen molar-refractivity contribution in [3.63, 3.8) is 0 Å². The fourth-order valence-electron chi connectivity index (χ4n) is 2.58. The lowest BCUT2D eigenvalue weighted by Gasteiger charge is -2.18. The van der Waals surface area contributed by atoms with Gasteiger partial charge in [0.2, 0.25) is 0 Å². The van der Waals surface area contributed by atoms with Crippen molar-refractivity contribution in [2.45, 2.75) is 19.3 Å². The molecule has 0 aliphatic carbocycles. The Hall–Kier alpha value is -2.69. The van der Waals surface area contributed by atoms with Gasteiger partial charge in [-0.2, -0.15) is 0 Å². The third-order valence-corrected chi connectivity index (χ3v) is 3.81. The fourth-order valence-corrected chi connectivity index (χ4v) is 2.58. The summed E-state index contributed by atoms with van der Waals surface area (Å²) in [5, 5.41) is 14.9. The van der Waals surface area contributed by atoms with Gasteiger partial charge in [0.15, 0.2) is 0 Å². The van der Waals surface area contributed by atoms with E-state index in [0.717, 1.165) is 36.4 Å². The molecule has 0 atom stereocenters. The number of aromatic hydroxyl groups is 1. The van der Waals surface area contributed by atoms with Gasteiger partial charge >= 0.3 is 6.03 Å². The summed E-state index contributed by atoms with van der Waals surface area (Å²) in [6.07, 6.45) is 2.77. The maximum atomic E-state index is 11.9. The van der Waals surface area contributed by atoms with E-state index in [-0.39, 0.29) is 11.8 Å². The Balaban J connectivity index is 1.48. The van der Waals surface area contributed by atoms with Crippen LogP contribution in [0, 0.1) is 0 Å². The molecule has 0 fully saturated rings. The first-order chi connectivity index (χ1) is 11.2. The Bertz CT molecular complexity index is 683. The van der Waals surface area contributed by atoms with Gasteiger partial charge in [0.1, 0.15) is 11.5 Å². The van der Waals surface area contributed by atoms with E-state index < -0.39 is 0 Å². The van der Waals surface area contributed by atoms with Crippen LogP contribution in [-0.2, 0) is 12.8 Å². The van der Waals surface area contributed by atoms with Crippen LogP contribution in [0.5, 0.6) is 11.5 Å². The van der Waals surface area contributed by atoms with E-state index in [1.54, 1.807) is 12.1 Å². The Morgan fingerprint density at radius 3 is 2.83 bits per heavy atom. The number of benzene rings is 2. The molecule has 2 aromatic rings. The highest BCUT2D eigenvalue weighted by atomic mass is 16.5. The number of urea groups is 1. The standard InChI is InChI=1S/C18H20N2O3/c21-16-7-3-13(4-8-16)9-10-19-18(22)20-15-6-5-14-2-1-11-23-17(14)12-15/h3-8,12,21H,1-2,9-11H2,(H2,19,20,22). The van der Waals surface area contributed by atoms with Crippen LogP contribution in [0.2, 0.25) is 0 Å². The average Bonchev–Trinajstić information content (AvgIpc) is 2.56. The van der Waals surface area contributed by atoms with Crippen LogP contribution in [-0.4, -0.2) is 24.3 Å². The van der Waals surface area contributed by atoms with Crippen molar-refractivity contribution in [1.82, 2.24) is 5.32 Å². The number of nitrogens with one attached hydrogen (secondary N) is 2. The summed E-state index contributed by atoms with van der Waals surface area (Å²) in [6, 6.07) is 12.5. The first kappa shape index (κ1) is 15.2. The van der Waals surface area contributed by atoms with Gasteiger partial charge in [-0.1, -0.05) is 18.2 Å². The maximum Gasteiger partial charge on any atom is 0.319 e. The van der Waals surface area contributed by atoms with Crippen LogP contribution in [0.25, 0.3) is 0 Å². The summed E-state index contributed by atoms with van der Waals surface area (Å²) in [4.78, 5) is 11.9. The number of phenols is 1. The second-order valence-electron chi connectivity index (χ2n) is 5.57. The minimum atomic E-state index is -0.237. The number of hydrogen-bond donors (Lipinski definition) is 3. The molecule has 2 amide bonds. The van der Waals surface area contributed by atoms with Crippen molar-refractivity contribution < 1.29 is 14.6 Å². The van der Waals surface area contributed by atoms with Crippen LogP contribution in [0.15, 0.2) is 42.5 Å². The molecule has 0 bridgehead atoms. The minimum absolute atomic E-state index is 0.237. The van der Waals surface area contributed by atoms with Crippen molar-refractivity contribution in [1.29, 1.82) is 0 Å². The van der Waals surface area contributed by atoms with Crippen LogP contribution in [0.1, 0.15) is 17.5 Å². The zero-order valence-corrected chi connectivity index (χ0v) is 12.8. The summed E-state index contributed by atoms with van der Waals surface area (Å²) in [7, 11) is 0. The van der Waals surface area contributed by atoms with Gasteiger partial charge in [0, 0.05) is 18.3 Å². The summed E-state index contributed by atoms with van der Waals surface area (Å²) in [5.74, 6) is 1.10. The maximum absolute atomic E-state index is 11.9. The fraction of sp³-hybridized carbons (Fsp3) is 0.278. The second kappa shape index (κ2) is 7.05. The average molecular weight is 312 g/mol. The Morgan fingerprint density at radius 1 is 1.17 bits per heavy atom. The molecule has 1 aliphatic heterocycles. The largest absolute Gasteiger partial charge is 0.508 e. The normalized spacial score (nSPS) is 12.9. The van der Waals surface area contributed by atoms with Crippen molar-refractivity contribution in [3.05, 3.63) is 53.6 Å². The third kappa shape index (κ3) is 4.16. The molecule has 0 aromatic heterocycles. The third-order valence-electron chi connectivity index (χ3n) is 3.81. The minimum Gasteiger partial charge on any atom is -0.508 e. The molecule has 0 radical (unpaired) electrons. The molecule has 5 nitrogen and oxygen atoms in total. The monoisotopic (exact) mass is 312 g/mol. The van der Waals surface area contributed by atoms with E-state index in [9.17, 15) is 9.90 Å². The van der Waals surface area contributed by atoms with Gasteiger partial charge in [-0.15, -0.1) is 0 Å². The van der Waals surface area contributed by atoms with Crippen LogP contribution >= 0.6 is 0 Å². The number of ether oxygens (including phenoxy) is 1. The van der Waals surface area contributed by atoms with Crippen LogP contribution in [0.3, 0.4) is 0 Å². The lowest BCUT2D eigenvalue weighted by molar-refractivity contribution is 0.252. The molecule has 0 spiro atoms. The number of amides is 2. The van der Waals surface area contributed by atoms with Crippen LogP contribution < -0.4 is 15.4 Å². The molecule has 1 aliphatic rings. The molecule has 0 saturated carbocycles. The van der Waals surface area contributed by atoms with Gasteiger partial charge in [-0.05, 0) is 48.6 Å². The lowest BCUT2D eigenvalue weighted by Crippen LogP contribution is -2.30. The van der Waals surface area contributed by atoms with Crippen molar-refractivity contribution in [2.75, 3.05) is 18.5 Å². The number of anilines is 1. The molecule has 3 rings (SSSR count). The summed E-state index contributed by atoms with van der Waals surface area (Å²) in [5.41, 5.74) is 2.98. The van der Waals surface area contributed by atoms with E-state index in [1.165, 1.54) is 5.56 Å². The van der Waals surface area contributed by atoms with Crippen LogP contribution in [0.4, 0.5) is 10.5 Å². The molecule has 3 N–H and O–H groups in total. The van der Waals surface area contributed by atoms with Gasteiger partial charge in [-0.3, -0.25) is 0 Å². The zero-order valence-electron chi connectivity index (χ0n) is 12.8. The number of phenolic OH excluding ortho intramolecular Hbond substituents is 1. The van der Waals surface area contributed by atoms with E-state index in [1.807, 2.05) is 30.3 Å². The van der Waals surface area contributed by atoms with Crippen molar-refractivity contribution in [3.8, 4) is 11.5 Å². The number of rotatable bonds is 4. The topological polar surface area (TPSA) is 70.6 Å². The molecule has 23 heavy (non-hydrogen) atoms. The zero-order chi connectivity index (χ0) is 16.1. The molecular formula is C18H20N2O3. The Morgan fingerprint density at radius 2 is 2.00 bits per heavy atom. The first-order valence-electron chi connectivity index (χ1n) is 7.79. The van der Waals surface area contributed by atoms with E-state index in [2.05, 4.69) is 10.6 Å². The van der Waals surface area contributed by atoms with Gasteiger partial charge in [0.25, 0.3) is 0 Å².